The first-order valence-electron chi connectivity index (χ1n) is 5.78. The molecule has 0 N–H and O–H groups in total. The Balaban J connectivity index is 1.81. The van der Waals surface area contributed by atoms with E-state index in [1.807, 2.05) is 0 Å². The van der Waals surface area contributed by atoms with Crippen LogP contribution in [0.2, 0.25) is 0 Å². The summed E-state index contributed by atoms with van der Waals surface area (Å²) in [5.74, 6) is -2.30. The van der Waals surface area contributed by atoms with Gasteiger partial charge in [-0.15, -0.1) is 0 Å². The quantitative estimate of drug-likeness (QED) is 0.693. The highest BCUT2D eigenvalue weighted by molar-refractivity contribution is 4.87. The van der Waals surface area contributed by atoms with Crippen LogP contribution < -0.4 is 0 Å². The van der Waals surface area contributed by atoms with Crippen LogP contribution >= 0.6 is 0 Å². The summed E-state index contributed by atoms with van der Waals surface area (Å²) < 4.78 is 38.3. The molecule has 1 nitrogen and oxygen atoms in total. The Morgan fingerprint density at radius 1 is 1.13 bits per heavy atom. The van der Waals surface area contributed by atoms with Crippen LogP contribution in [-0.4, -0.2) is 36.6 Å². The Bertz CT molecular complexity index is 210. The molecule has 1 saturated carbocycles. The van der Waals surface area contributed by atoms with E-state index in [-0.39, 0.29) is 31.5 Å². The van der Waals surface area contributed by atoms with Gasteiger partial charge in [0.05, 0.1) is 6.67 Å². The Morgan fingerprint density at radius 3 is 2.33 bits per heavy atom. The van der Waals surface area contributed by atoms with Gasteiger partial charge >= 0.3 is 0 Å². The van der Waals surface area contributed by atoms with Gasteiger partial charge in [-0.25, -0.2) is 8.78 Å². The van der Waals surface area contributed by atoms with Crippen molar-refractivity contribution in [3.05, 3.63) is 0 Å². The molecule has 1 unspecified atom stereocenters. The summed E-state index contributed by atoms with van der Waals surface area (Å²) in [5, 5.41) is 0. The second kappa shape index (κ2) is 4.32. The maximum absolute atomic E-state index is 12.9. The van der Waals surface area contributed by atoms with Crippen LogP contribution in [0.3, 0.4) is 0 Å². The SMILES string of the molecule is FCC1CCN(C2CCC(F)(F)CC2)C1. The van der Waals surface area contributed by atoms with E-state index in [1.54, 1.807) is 0 Å². The van der Waals surface area contributed by atoms with Gasteiger partial charge in [0, 0.05) is 31.3 Å². The molecular weight excluding hydrogens is 203 g/mol. The van der Waals surface area contributed by atoms with Crippen molar-refractivity contribution < 1.29 is 13.2 Å². The number of halogens is 3. The molecule has 1 saturated heterocycles. The maximum Gasteiger partial charge on any atom is 0.248 e. The second-order valence-electron chi connectivity index (χ2n) is 4.89. The molecule has 88 valence electrons. The lowest BCUT2D eigenvalue weighted by molar-refractivity contribution is -0.0518. The molecule has 0 aromatic rings. The van der Waals surface area contributed by atoms with Crippen molar-refractivity contribution in [2.24, 2.45) is 5.92 Å². The average molecular weight is 221 g/mol. The zero-order chi connectivity index (χ0) is 10.9. The monoisotopic (exact) mass is 221 g/mol. The van der Waals surface area contributed by atoms with E-state index in [0.29, 0.717) is 12.8 Å². The topological polar surface area (TPSA) is 3.24 Å². The molecule has 1 heterocycles. The molecular formula is C11H18F3N. The molecule has 0 aromatic carbocycles. The molecule has 1 aliphatic heterocycles. The van der Waals surface area contributed by atoms with Gasteiger partial charge in [-0.3, -0.25) is 9.29 Å². The molecule has 15 heavy (non-hydrogen) atoms. The zero-order valence-corrected chi connectivity index (χ0v) is 8.89. The van der Waals surface area contributed by atoms with Crippen LogP contribution in [0.25, 0.3) is 0 Å². The van der Waals surface area contributed by atoms with Crippen LogP contribution in [0, 0.1) is 5.92 Å². The Morgan fingerprint density at radius 2 is 1.80 bits per heavy atom. The van der Waals surface area contributed by atoms with Crippen molar-refractivity contribution in [3.63, 3.8) is 0 Å². The van der Waals surface area contributed by atoms with Crippen molar-refractivity contribution in [1.82, 2.24) is 4.90 Å². The number of nitrogens with zero attached hydrogens (tertiary/aromatic N) is 1. The fourth-order valence-electron chi connectivity index (χ4n) is 2.71. The average Bonchev–Trinajstić information content (AvgIpc) is 2.66. The fourth-order valence-corrected chi connectivity index (χ4v) is 2.71. The Hall–Kier alpha value is -0.250. The molecule has 2 fully saturated rings. The predicted molar refractivity (Wildman–Crippen MR) is 52.9 cm³/mol. The van der Waals surface area contributed by atoms with E-state index in [0.717, 1.165) is 19.5 Å². The van der Waals surface area contributed by atoms with E-state index in [9.17, 15) is 13.2 Å². The lowest BCUT2D eigenvalue weighted by Gasteiger charge is -2.34. The van der Waals surface area contributed by atoms with E-state index >= 15 is 0 Å². The predicted octanol–water partition coefficient (Wildman–Crippen LogP) is 2.86. The van der Waals surface area contributed by atoms with Gasteiger partial charge in [0.2, 0.25) is 5.92 Å². The van der Waals surface area contributed by atoms with Crippen LogP contribution in [-0.2, 0) is 0 Å². The molecule has 0 radical (unpaired) electrons. The van der Waals surface area contributed by atoms with Crippen molar-refractivity contribution >= 4 is 0 Å². The molecule has 2 aliphatic rings. The number of hydrogen-bond acceptors (Lipinski definition) is 1. The summed E-state index contributed by atoms with van der Waals surface area (Å²) in [6.07, 6.45) is 2.06. The standard InChI is InChI=1S/C11H18F3N/c12-7-9-3-6-15(8-9)10-1-4-11(13,14)5-2-10/h9-10H,1-8H2. The molecule has 1 aliphatic carbocycles. The summed E-state index contributed by atoms with van der Waals surface area (Å²) in [5.41, 5.74) is 0. The molecule has 2 rings (SSSR count). The van der Waals surface area contributed by atoms with E-state index in [4.69, 9.17) is 0 Å². The summed E-state index contributed by atoms with van der Waals surface area (Å²) in [6.45, 7) is 1.40. The molecule has 0 bridgehead atoms. The van der Waals surface area contributed by atoms with Gasteiger partial charge in [0.1, 0.15) is 0 Å². The Kier molecular flexibility index (Phi) is 3.24. The number of alkyl halides is 3. The highest BCUT2D eigenvalue weighted by Gasteiger charge is 2.38. The summed E-state index contributed by atoms with van der Waals surface area (Å²) in [7, 11) is 0. The van der Waals surface area contributed by atoms with Crippen LogP contribution in [0.15, 0.2) is 0 Å². The van der Waals surface area contributed by atoms with E-state index in [2.05, 4.69) is 4.90 Å². The van der Waals surface area contributed by atoms with Crippen LogP contribution in [0.5, 0.6) is 0 Å². The maximum atomic E-state index is 12.9. The third-order valence-electron chi connectivity index (χ3n) is 3.74. The van der Waals surface area contributed by atoms with Gasteiger partial charge < -0.3 is 0 Å². The van der Waals surface area contributed by atoms with Gasteiger partial charge in [0.25, 0.3) is 0 Å². The largest absolute Gasteiger partial charge is 0.300 e. The highest BCUT2D eigenvalue weighted by Crippen LogP contribution is 2.36. The molecule has 4 heteroatoms. The van der Waals surface area contributed by atoms with Gasteiger partial charge in [-0.1, -0.05) is 0 Å². The normalized spacial score (nSPS) is 33.4. The van der Waals surface area contributed by atoms with Crippen molar-refractivity contribution in [1.29, 1.82) is 0 Å². The molecule has 0 aromatic heterocycles. The first-order valence-corrected chi connectivity index (χ1v) is 5.78. The van der Waals surface area contributed by atoms with Crippen molar-refractivity contribution in [2.45, 2.75) is 44.1 Å². The Labute approximate surface area is 88.6 Å². The van der Waals surface area contributed by atoms with Crippen molar-refractivity contribution in [3.8, 4) is 0 Å². The van der Waals surface area contributed by atoms with Gasteiger partial charge in [-0.05, 0) is 25.8 Å². The lowest BCUT2D eigenvalue weighted by Crippen LogP contribution is -2.39. The highest BCUT2D eigenvalue weighted by atomic mass is 19.3. The number of rotatable bonds is 2. The van der Waals surface area contributed by atoms with Crippen LogP contribution in [0.1, 0.15) is 32.1 Å². The molecule has 0 amide bonds. The smallest absolute Gasteiger partial charge is 0.248 e. The zero-order valence-electron chi connectivity index (χ0n) is 8.89. The first-order chi connectivity index (χ1) is 7.11. The minimum Gasteiger partial charge on any atom is -0.300 e. The summed E-state index contributed by atoms with van der Waals surface area (Å²) >= 11 is 0. The second-order valence-corrected chi connectivity index (χ2v) is 4.89. The third-order valence-corrected chi connectivity index (χ3v) is 3.74. The van der Waals surface area contributed by atoms with Gasteiger partial charge in [-0.2, -0.15) is 0 Å². The number of likely N-dealkylation sites (tertiary alicyclic amines) is 1. The fraction of sp³-hybridized carbons (Fsp3) is 1.00. The third kappa shape index (κ3) is 2.65. The minimum absolute atomic E-state index is 0.00839. The number of hydrogen-bond donors (Lipinski definition) is 0. The molecule has 0 spiro atoms. The summed E-state index contributed by atoms with van der Waals surface area (Å²) in [6, 6.07) is 0.279. The van der Waals surface area contributed by atoms with E-state index in [1.165, 1.54) is 0 Å². The molecule has 1 atom stereocenters. The minimum atomic E-state index is -2.45. The summed E-state index contributed by atoms with van der Waals surface area (Å²) in [4.78, 5) is 2.21. The first kappa shape index (κ1) is 11.2. The lowest BCUT2D eigenvalue weighted by atomic mass is 9.91. The van der Waals surface area contributed by atoms with Gasteiger partial charge in [0.15, 0.2) is 0 Å². The van der Waals surface area contributed by atoms with Crippen molar-refractivity contribution in [2.75, 3.05) is 19.8 Å². The van der Waals surface area contributed by atoms with E-state index < -0.39 is 5.92 Å². The van der Waals surface area contributed by atoms with Crippen LogP contribution in [0.4, 0.5) is 13.2 Å².